The number of fused-ring (bicyclic) bond motifs is 1. The molecule has 1 aromatic rings. The van der Waals surface area contributed by atoms with E-state index in [4.69, 9.17) is 0 Å². The largest absolute Gasteiger partial charge is 0.311 e. The van der Waals surface area contributed by atoms with Gasteiger partial charge in [0.2, 0.25) is 5.91 Å². The SMILES string of the molecule is CCC(=O)N1CC(C)(C(C)C)c2cc(C)cc(C)c21. The average molecular weight is 259 g/mol. The molecular formula is C17H25NO. The van der Waals surface area contributed by atoms with Crippen molar-refractivity contribution < 1.29 is 4.79 Å². The highest BCUT2D eigenvalue weighted by Gasteiger charge is 2.43. The van der Waals surface area contributed by atoms with Crippen LogP contribution in [0.2, 0.25) is 0 Å². The summed E-state index contributed by atoms with van der Waals surface area (Å²) in [5, 5.41) is 0. The Labute approximate surface area is 116 Å². The Morgan fingerprint density at radius 2 is 2.00 bits per heavy atom. The molecule has 1 aromatic carbocycles. The van der Waals surface area contributed by atoms with E-state index in [1.807, 2.05) is 11.8 Å². The van der Waals surface area contributed by atoms with E-state index in [2.05, 4.69) is 46.8 Å². The van der Waals surface area contributed by atoms with Crippen molar-refractivity contribution >= 4 is 11.6 Å². The van der Waals surface area contributed by atoms with Crippen molar-refractivity contribution in [1.29, 1.82) is 0 Å². The van der Waals surface area contributed by atoms with Crippen molar-refractivity contribution in [1.82, 2.24) is 0 Å². The van der Waals surface area contributed by atoms with E-state index >= 15 is 0 Å². The molecule has 0 spiro atoms. The number of hydrogen-bond acceptors (Lipinski definition) is 1. The molecule has 0 aliphatic carbocycles. The number of aryl methyl sites for hydroxylation is 2. The molecule has 0 radical (unpaired) electrons. The fourth-order valence-corrected chi connectivity index (χ4v) is 3.14. The Morgan fingerprint density at radius 3 is 2.53 bits per heavy atom. The summed E-state index contributed by atoms with van der Waals surface area (Å²) in [5.74, 6) is 0.750. The van der Waals surface area contributed by atoms with Crippen LogP contribution >= 0.6 is 0 Å². The van der Waals surface area contributed by atoms with Crippen LogP contribution in [0, 0.1) is 19.8 Å². The highest BCUT2D eigenvalue weighted by molar-refractivity contribution is 5.97. The summed E-state index contributed by atoms with van der Waals surface area (Å²) >= 11 is 0. The predicted octanol–water partition coefficient (Wildman–Crippen LogP) is 3.97. The minimum Gasteiger partial charge on any atom is -0.311 e. The first-order valence-electron chi connectivity index (χ1n) is 7.23. The highest BCUT2D eigenvalue weighted by Crippen LogP contribution is 2.47. The van der Waals surface area contributed by atoms with Crippen molar-refractivity contribution in [3.63, 3.8) is 0 Å². The van der Waals surface area contributed by atoms with Crippen LogP contribution in [0.3, 0.4) is 0 Å². The summed E-state index contributed by atoms with van der Waals surface area (Å²) in [6.45, 7) is 13.8. The number of rotatable bonds is 2. The van der Waals surface area contributed by atoms with Crippen LogP contribution in [-0.4, -0.2) is 12.5 Å². The van der Waals surface area contributed by atoms with E-state index in [-0.39, 0.29) is 11.3 Å². The van der Waals surface area contributed by atoms with Gasteiger partial charge in [-0.2, -0.15) is 0 Å². The maximum atomic E-state index is 12.3. The smallest absolute Gasteiger partial charge is 0.226 e. The topological polar surface area (TPSA) is 20.3 Å². The van der Waals surface area contributed by atoms with Gasteiger partial charge >= 0.3 is 0 Å². The van der Waals surface area contributed by atoms with Crippen molar-refractivity contribution in [2.75, 3.05) is 11.4 Å². The monoisotopic (exact) mass is 259 g/mol. The molecule has 104 valence electrons. The Balaban J connectivity index is 2.65. The lowest BCUT2D eigenvalue weighted by Gasteiger charge is -2.30. The van der Waals surface area contributed by atoms with Gasteiger partial charge in [0.1, 0.15) is 0 Å². The molecule has 2 nitrogen and oxygen atoms in total. The number of nitrogens with zero attached hydrogens (tertiary/aromatic N) is 1. The van der Waals surface area contributed by atoms with Gasteiger partial charge in [-0.15, -0.1) is 0 Å². The first-order valence-corrected chi connectivity index (χ1v) is 7.23. The number of amides is 1. The lowest BCUT2D eigenvalue weighted by atomic mass is 9.74. The summed E-state index contributed by atoms with van der Waals surface area (Å²) in [4.78, 5) is 14.3. The minimum absolute atomic E-state index is 0.0664. The molecule has 1 unspecified atom stereocenters. The third kappa shape index (κ3) is 2.07. The lowest BCUT2D eigenvalue weighted by molar-refractivity contribution is -0.118. The van der Waals surface area contributed by atoms with E-state index < -0.39 is 0 Å². The number of benzene rings is 1. The Bertz CT molecular complexity index is 518. The fourth-order valence-electron chi connectivity index (χ4n) is 3.14. The zero-order chi connectivity index (χ0) is 14.4. The molecule has 0 fully saturated rings. The van der Waals surface area contributed by atoms with Gasteiger partial charge in [0.15, 0.2) is 0 Å². The Hall–Kier alpha value is -1.31. The first-order chi connectivity index (χ1) is 8.81. The highest BCUT2D eigenvalue weighted by atomic mass is 16.2. The number of anilines is 1. The van der Waals surface area contributed by atoms with Crippen LogP contribution in [0.15, 0.2) is 12.1 Å². The molecule has 2 rings (SSSR count). The zero-order valence-corrected chi connectivity index (χ0v) is 13.0. The summed E-state index contributed by atoms with van der Waals surface area (Å²) in [6.07, 6.45) is 0.570. The molecule has 1 atom stereocenters. The van der Waals surface area contributed by atoms with E-state index in [9.17, 15) is 4.79 Å². The molecule has 1 aliphatic rings. The van der Waals surface area contributed by atoms with Crippen LogP contribution in [0.4, 0.5) is 5.69 Å². The fraction of sp³-hybridized carbons (Fsp3) is 0.588. The van der Waals surface area contributed by atoms with Crippen LogP contribution in [-0.2, 0) is 10.2 Å². The summed E-state index contributed by atoms with van der Waals surface area (Å²) in [7, 11) is 0. The Morgan fingerprint density at radius 1 is 1.37 bits per heavy atom. The molecule has 0 N–H and O–H groups in total. The number of carbonyl (C=O) groups is 1. The molecule has 0 saturated heterocycles. The van der Waals surface area contributed by atoms with Gasteiger partial charge in [-0.3, -0.25) is 4.79 Å². The number of carbonyl (C=O) groups excluding carboxylic acids is 1. The molecule has 2 heteroatoms. The zero-order valence-electron chi connectivity index (χ0n) is 13.0. The molecule has 0 aromatic heterocycles. The second kappa shape index (κ2) is 4.66. The standard InChI is InChI=1S/C17H25NO/c1-7-15(19)18-10-17(6,11(2)3)14-9-12(4)8-13(5)16(14)18/h8-9,11H,7,10H2,1-6H3. The quantitative estimate of drug-likeness (QED) is 0.787. The molecule has 0 bridgehead atoms. The number of hydrogen-bond donors (Lipinski definition) is 0. The van der Waals surface area contributed by atoms with Crippen molar-refractivity contribution in [2.24, 2.45) is 5.92 Å². The normalized spacial score (nSPS) is 21.9. The molecule has 19 heavy (non-hydrogen) atoms. The van der Waals surface area contributed by atoms with Crippen LogP contribution in [0.1, 0.15) is 50.8 Å². The predicted molar refractivity (Wildman–Crippen MR) is 80.8 cm³/mol. The third-order valence-electron chi connectivity index (χ3n) is 4.69. The van der Waals surface area contributed by atoms with Crippen molar-refractivity contribution in [2.45, 2.75) is 53.4 Å². The summed E-state index contributed by atoms with van der Waals surface area (Å²) in [6, 6.07) is 4.45. The van der Waals surface area contributed by atoms with Gasteiger partial charge in [0, 0.05) is 18.4 Å². The second-order valence-electron chi connectivity index (χ2n) is 6.38. The van der Waals surface area contributed by atoms with E-state index in [0.29, 0.717) is 12.3 Å². The van der Waals surface area contributed by atoms with Crippen molar-refractivity contribution in [3.05, 3.63) is 28.8 Å². The van der Waals surface area contributed by atoms with Crippen LogP contribution < -0.4 is 4.90 Å². The Kier molecular flexibility index (Phi) is 3.46. The maximum Gasteiger partial charge on any atom is 0.226 e. The summed E-state index contributed by atoms with van der Waals surface area (Å²) in [5.41, 5.74) is 5.09. The molecule has 1 aliphatic heterocycles. The van der Waals surface area contributed by atoms with Crippen LogP contribution in [0.5, 0.6) is 0 Å². The second-order valence-corrected chi connectivity index (χ2v) is 6.38. The molecule has 1 amide bonds. The average Bonchev–Trinajstić information content (AvgIpc) is 2.64. The van der Waals surface area contributed by atoms with E-state index in [1.165, 1.54) is 16.7 Å². The van der Waals surface area contributed by atoms with Gasteiger partial charge in [-0.25, -0.2) is 0 Å². The van der Waals surface area contributed by atoms with Crippen molar-refractivity contribution in [3.8, 4) is 0 Å². The minimum atomic E-state index is 0.0664. The van der Waals surface area contributed by atoms with Crippen LogP contribution in [0.25, 0.3) is 0 Å². The molecular weight excluding hydrogens is 234 g/mol. The van der Waals surface area contributed by atoms with Gasteiger partial charge in [-0.1, -0.05) is 45.4 Å². The van der Waals surface area contributed by atoms with E-state index in [1.54, 1.807) is 0 Å². The maximum absolute atomic E-state index is 12.3. The van der Waals surface area contributed by atoms with Gasteiger partial charge in [-0.05, 0) is 30.9 Å². The first kappa shape index (κ1) is 14.1. The van der Waals surface area contributed by atoms with Gasteiger partial charge in [0.05, 0.1) is 5.69 Å². The van der Waals surface area contributed by atoms with Gasteiger partial charge in [0.25, 0.3) is 0 Å². The van der Waals surface area contributed by atoms with E-state index in [0.717, 1.165) is 12.2 Å². The third-order valence-corrected chi connectivity index (χ3v) is 4.69. The molecule has 0 saturated carbocycles. The molecule has 1 heterocycles. The lowest BCUT2D eigenvalue weighted by Crippen LogP contribution is -2.38. The van der Waals surface area contributed by atoms with Gasteiger partial charge < -0.3 is 4.90 Å². The summed E-state index contributed by atoms with van der Waals surface area (Å²) < 4.78 is 0.